The van der Waals surface area contributed by atoms with Crippen LogP contribution in [0.2, 0.25) is 0 Å². The van der Waals surface area contributed by atoms with Gasteiger partial charge in [0.25, 0.3) is 0 Å². The van der Waals surface area contributed by atoms with Crippen LogP contribution in [0, 0.1) is 0 Å². The third-order valence-electron chi connectivity index (χ3n) is 4.07. The molecule has 0 bridgehead atoms. The molecule has 12 nitrogen and oxygen atoms in total. The summed E-state index contributed by atoms with van der Waals surface area (Å²) in [5, 5.41) is 76.7. The zero-order chi connectivity index (χ0) is 17.4. The molecule has 0 aromatic heterocycles. The molecule has 2 aliphatic rings. The summed E-state index contributed by atoms with van der Waals surface area (Å²) in [6.07, 6.45) is -12.7. The van der Waals surface area contributed by atoms with Crippen molar-refractivity contribution in [2.45, 2.75) is 54.8 Å². The molecule has 13 heteroatoms. The van der Waals surface area contributed by atoms with Crippen molar-refractivity contribution >= 4 is 0 Å². The Balaban J connectivity index is 0. The molecule has 2 aliphatic heterocycles. The Morgan fingerprint density at radius 1 is 0.840 bits per heavy atom. The Kier molecular flexibility index (Phi) is 11.1. The van der Waals surface area contributed by atoms with Gasteiger partial charge in [-0.1, -0.05) is 0 Å². The summed E-state index contributed by atoms with van der Waals surface area (Å²) in [7, 11) is 0. The van der Waals surface area contributed by atoms with Crippen molar-refractivity contribution < 1.29 is 113 Å². The van der Waals surface area contributed by atoms with E-state index in [1.54, 1.807) is 0 Å². The minimum Gasteiger partial charge on any atom is -1.00 e. The Labute approximate surface area is 186 Å². The molecular weight excluding hydrogens is 375 g/mol. The molecule has 2 rings (SSSR count). The van der Waals surface area contributed by atoms with E-state index in [1.165, 1.54) is 0 Å². The van der Waals surface area contributed by atoms with Crippen LogP contribution in [-0.4, -0.2) is 121 Å². The molecule has 10 N–H and O–H groups in total. The first-order valence-corrected chi connectivity index (χ1v) is 7.05. The Morgan fingerprint density at radius 2 is 1.40 bits per heavy atom. The van der Waals surface area contributed by atoms with E-state index in [9.17, 15) is 30.6 Å². The predicted octanol–water partition coefficient (Wildman–Crippen LogP) is -9.10. The van der Waals surface area contributed by atoms with Crippen molar-refractivity contribution in [3.05, 3.63) is 0 Å². The van der Waals surface area contributed by atoms with Crippen molar-refractivity contribution in [1.82, 2.24) is 0 Å². The Bertz CT molecular complexity index is 406. The fourth-order valence-corrected chi connectivity index (χ4v) is 2.63. The van der Waals surface area contributed by atoms with Gasteiger partial charge in [-0.15, -0.1) is 0 Å². The zero-order valence-corrected chi connectivity index (χ0v) is 16.7. The largest absolute Gasteiger partial charge is 1.00 e. The van der Waals surface area contributed by atoms with E-state index in [0.717, 1.165) is 0 Å². The number of hydrogen-bond donors (Lipinski definition) is 8. The van der Waals surface area contributed by atoms with E-state index >= 15 is 0 Å². The zero-order valence-electron chi connectivity index (χ0n) is 14.5. The number of aliphatic hydroxyl groups excluding tert-OH is 8. The SMILES string of the molecule is O.OC[C@H]1O[C@@](CO)(O[C@H]2O[C@H](CO)[C@@H](O)[C@H](O)[C@H]2O)[C@@H](O)[C@@H]1O.[H-].[K+]. The molecule has 2 saturated heterocycles. The van der Waals surface area contributed by atoms with Crippen LogP contribution in [0.25, 0.3) is 0 Å². The number of rotatable bonds is 5. The number of hydrogen-bond acceptors (Lipinski definition) is 11. The molecule has 0 saturated carbocycles. The van der Waals surface area contributed by atoms with Gasteiger partial charge in [0.15, 0.2) is 6.29 Å². The topological polar surface area (TPSA) is 221 Å². The third-order valence-corrected chi connectivity index (χ3v) is 4.07. The second-order valence-corrected chi connectivity index (χ2v) is 5.56. The molecule has 25 heavy (non-hydrogen) atoms. The minimum atomic E-state index is -2.22. The van der Waals surface area contributed by atoms with Crippen LogP contribution < -0.4 is 51.4 Å². The van der Waals surface area contributed by atoms with Gasteiger partial charge < -0.3 is 62.0 Å². The molecule has 2 heterocycles. The first-order chi connectivity index (χ1) is 10.8. The van der Waals surface area contributed by atoms with E-state index < -0.39 is 74.6 Å². The molecule has 2 fully saturated rings. The van der Waals surface area contributed by atoms with Crippen LogP contribution in [0.5, 0.6) is 0 Å². The van der Waals surface area contributed by atoms with Crippen LogP contribution in [0.3, 0.4) is 0 Å². The summed E-state index contributed by atoms with van der Waals surface area (Å²) >= 11 is 0. The Hall–Kier alpha value is 1.16. The van der Waals surface area contributed by atoms with Gasteiger partial charge in [0.1, 0.15) is 49.3 Å². The van der Waals surface area contributed by atoms with Crippen molar-refractivity contribution in [1.29, 1.82) is 0 Å². The fraction of sp³-hybridized carbons (Fsp3) is 1.00. The fourth-order valence-electron chi connectivity index (χ4n) is 2.63. The second-order valence-electron chi connectivity index (χ2n) is 5.56. The van der Waals surface area contributed by atoms with Gasteiger partial charge in [0.05, 0.1) is 13.2 Å². The maximum absolute atomic E-state index is 10.00. The predicted molar refractivity (Wildman–Crippen MR) is 73.4 cm³/mol. The standard InChI is InChI=1S/C12H22O11.K.H2O.H/c13-1-4-6(16)8(18)9(19)11(21-4)23-12(3-15)10(20)7(17)5(2-14)22-12;;;/h4-11,13-20H,1-3H2;;1H2;/q;+1;;-1/t4-,5-,6-,7-,8+,9-,10+,11-,12+;;;/m1.../s1. The van der Waals surface area contributed by atoms with E-state index in [-0.39, 0.29) is 58.3 Å². The van der Waals surface area contributed by atoms with Gasteiger partial charge in [-0.05, 0) is 0 Å². The molecule has 146 valence electrons. The third kappa shape index (κ3) is 4.96. The van der Waals surface area contributed by atoms with E-state index in [4.69, 9.17) is 24.4 Å². The summed E-state index contributed by atoms with van der Waals surface area (Å²) in [5.41, 5.74) is 0. The molecule has 0 radical (unpaired) electrons. The summed E-state index contributed by atoms with van der Waals surface area (Å²) in [6, 6.07) is 0. The average Bonchev–Trinajstić information content (AvgIpc) is 2.80. The van der Waals surface area contributed by atoms with Gasteiger partial charge >= 0.3 is 51.4 Å². The van der Waals surface area contributed by atoms with Crippen molar-refractivity contribution in [3.8, 4) is 0 Å². The first-order valence-electron chi connectivity index (χ1n) is 7.05. The van der Waals surface area contributed by atoms with Crippen molar-refractivity contribution in [3.63, 3.8) is 0 Å². The van der Waals surface area contributed by atoms with Crippen LogP contribution in [0.4, 0.5) is 0 Å². The molecule has 0 spiro atoms. The van der Waals surface area contributed by atoms with E-state index in [0.29, 0.717) is 0 Å². The van der Waals surface area contributed by atoms with Gasteiger partial charge in [-0.3, -0.25) is 0 Å². The van der Waals surface area contributed by atoms with Crippen LogP contribution in [-0.2, 0) is 14.2 Å². The summed E-state index contributed by atoms with van der Waals surface area (Å²) in [4.78, 5) is 0. The number of aliphatic hydroxyl groups is 8. The summed E-state index contributed by atoms with van der Waals surface area (Å²) in [6.45, 7) is -2.32. The maximum Gasteiger partial charge on any atom is 1.00 e. The van der Waals surface area contributed by atoms with Gasteiger partial charge in [0, 0.05) is 0 Å². The van der Waals surface area contributed by atoms with Crippen LogP contribution >= 0.6 is 0 Å². The summed E-state index contributed by atoms with van der Waals surface area (Å²) < 4.78 is 15.4. The Morgan fingerprint density at radius 3 is 1.84 bits per heavy atom. The van der Waals surface area contributed by atoms with Crippen molar-refractivity contribution in [2.24, 2.45) is 0 Å². The first kappa shape index (κ1) is 26.2. The molecular formula is C12H25KO12. The molecule has 9 atom stereocenters. The second kappa shape index (κ2) is 10.6. The van der Waals surface area contributed by atoms with Gasteiger partial charge in [-0.25, -0.2) is 0 Å². The van der Waals surface area contributed by atoms with Crippen molar-refractivity contribution in [2.75, 3.05) is 19.8 Å². The van der Waals surface area contributed by atoms with Crippen LogP contribution in [0.1, 0.15) is 1.43 Å². The van der Waals surface area contributed by atoms with Gasteiger partial charge in [-0.2, -0.15) is 0 Å². The maximum atomic E-state index is 10.00. The van der Waals surface area contributed by atoms with Crippen LogP contribution in [0.15, 0.2) is 0 Å². The molecule has 0 aliphatic carbocycles. The van der Waals surface area contributed by atoms with E-state index in [1.807, 2.05) is 0 Å². The smallest absolute Gasteiger partial charge is 1.00 e. The number of ether oxygens (including phenoxy) is 3. The summed E-state index contributed by atoms with van der Waals surface area (Å²) in [5.74, 6) is -2.22. The van der Waals surface area contributed by atoms with E-state index in [2.05, 4.69) is 0 Å². The average molecular weight is 400 g/mol. The molecule has 0 aromatic rings. The van der Waals surface area contributed by atoms with Gasteiger partial charge in [0.2, 0.25) is 5.79 Å². The molecule has 0 aromatic carbocycles. The normalized spacial score (nSPS) is 47.0. The quantitative estimate of drug-likeness (QED) is 0.202. The molecule has 0 amide bonds. The monoisotopic (exact) mass is 400 g/mol. The molecule has 0 unspecified atom stereocenters. The minimum absolute atomic E-state index is 0.